The first-order chi connectivity index (χ1) is 15.7. The van der Waals surface area contributed by atoms with Gasteiger partial charge in [-0.05, 0) is 47.5 Å². The minimum Gasteiger partial charge on any atom is -0.497 e. The largest absolute Gasteiger partial charge is 0.497 e. The third kappa shape index (κ3) is 5.01. The summed E-state index contributed by atoms with van der Waals surface area (Å²) in [5, 5.41) is 4.50. The van der Waals surface area contributed by atoms with E-state index in [1.165, 1.54) is 19.2 Å². The van der Waals surface area contributed by atoms with Crippen molar-refractivity contribution in [2.45, 2.75) is 17.4 Å². The van der Waals surface area contributed by atoms with Gasteiger partial charge in [0.2, 0.25) is 10.0 Å². The van der Waals surface area contributed by atoms with E-state index < -0.39 is 26.1 Å². The maximum atomic E-state index is 13.5. The van der Waals surface area contributed by atoms with Gasteiger partial charge >= 0.3 is 0 Å². The van der Waals surface area contributed by atoms with Gasteiger partial charge < -0.3 is 4.74 Å². The van der Waals surface area contributed by atoms with Gasteiger partial charge in [0, 0.05) is 12.1 Å². The summed E-state index contributed by atoms with van der Waals surface area (Å²) in [6, 6.07) is 21.6. The average molecular weight is 486 g/mol. The molecular weight excluding hydrogens is 462 g/mol. The summed E-state index contributed by atoms with van der Waals surface area (Å²) in [5.41, 5.74) is 2.36. The lowest BCUT2D eigenvalue weighted by molar-refractivity contribution is 0.371. The fraction of sp³-hybridized carbons (Fsp3) is 0.174. The second-order valence-corrected chi connectivity index (χ2v) is 11.1. The smallest absolute Gasteiger partial charge is 0.279 e. The predicted molar refractivity (Wildman–Crippen MR) is 127 cm³/mol. The fourth-order valence-electron chi connectivity index (χ4n) is 3.64. The van der Waals surface area contributed by atoms with Gasteiger partial charge in [0.25, 0.3) is 10.0 Å². The highest BCUT2D eigenvalue weighted by atomic mass is 32.2. The first kappa shape index (κ1) is 22.8. The van der Waals surface area contributed by atoms with Gasteiger partial charge in [-0.3, -0.25) is 4.72 Å². The van der Waals surface area contributed by atoms with E-state index in [2.05, 4.69) is 9.82 Å². The van der Waals surface area contributed by atoms with Crippen LogP contribution in [-0.2, 0) is 20.0 Å². The van der Waals surface area contributed by atoms with Crippen LogP contribution >= 0.6 is 0 Å². The number of methoxy groups -OCH3 is 1. The monoisotopic (exact) mass is 485 g/mol. The lowest BCUT2D eigenvalue weighted by Crippen LogP contribution is -2.27. The summed E-state index contributed by atoms with van der Waals surface area (Å²) in [7, 11) is -5.90. The molecule has 1 atom stereocenters. The highest BCUT2D eigenvalue weighted by Gasteiger charge is 2.37. The molecule has 1 aliphatic rings. The van der Waals surface area contributed by atoms with Crippen LogP contribution in [0.1, 0.15) is 23.6 Å². The van der Waals surface area contributed by atoms with Crippen molar-refractivity contribution in [1.29, 1.82) is 0 Å². The van der Waals surface area contributed by atoms with Gasteiger partial charge in [-0.15, -0.1) is 0 Å². The molecule has 10 heteroatoms. The highest BCUT2D eigenvalue weighted by molar-refractivity contribution is 7.92. The normalized spacial score (nSPS) is 16.4. The topological polar surface area (TPSA) is 105 Å². The van der Waals surface area contributed by atoms with Crippen LogP contribution < -0.4 is 9.46 Å². The van der Waals surface area contributed by atoms with Crippen molar-refractivity contribution >= 4 is 31.4 Å². The van der Waals surface area contributed by atoms with E-state index in [1.54, 1.807) is 36.4 Å². The van der Waals surface area contributed by atoms with Crippen LogP contribution in [0.5, 0.6) is 5.75 Å². The molecule has 3 aromatic rings. The molecule has 1 aliphatic heterocycles. The Morgan fingerprint density at radius 2 is 1.64 bits per heavy atom. The summed E-state index contributed by atoms with van der Waals surface area (Å²) in [6.45, 7) is 0. The Labute approximate surface area is 193 Å². The third-order valence-electron chi connectivity index (χ3n) is 5.16. The van der Waals surface area contributed by atoms with Crippen molar-refractivity contribution in [3.8, 4) is 5.75 Å². The van der Waals surface area contributed by atoms with Crippen LogP contribution in [0.25, 0.3) is 0 Å². The van der Waals surface area contributed by atoms with E-state index in [-0.39, 0.29) is 4.90 Å². The van der Waals surface area contributed by atoms with E-state index in [0.29, 0.717) is 29.1 Å². The number of nitrogens with one attached hydrogen (secondary N) is 1. The summed E-state index contributed by atoms with van der Waals surface area (Å²) >= 11 is 0. The summed E-state index contributed by atoms with van der Waals surface area (Å²) in [5.74, 6) is 0.550. The van der Waals surface area contributed by atoms with Crippen molar-refractivity contribution in [3.63, 3.8) is 0 Å². The molecule has 0 spiro atoms. The Hall–Kier alpha value is -3.37. The molecule has 0 fully saturated rings. The second-order valence-electron chi connectivity index (χ2n) is 7.59. The predicted octanol–water partition coefficient (Wildman–Crippen LogP) is 3.61. The van der Waals surface area contributed by atoms with Crippen molar-refractivity contribution in [2.24, 2.45) is 5.10 Å². The molecule has 0 saturated heterocycles. The first-order valence-electron chi connectivity index (χ1n) is 10.1. The van der Waals surface area contributed by atoms with Crippen molar-refractivity contribution in [2.75, 3.05) is 18.1 Å². The second kappa shape index (κ2) is 8.87. The zero-order valence-electron chi connectivity index (χ0n) is 18.0. The number of hydrogen-bond donors (Lipinski definition) is 1. The van der Waals surface area contributed by atoms with Gasteiger partial charge in [-0.25, -0.2) is 8.42 Å². The number of benzene rings is 3. The highest BCUT2D eigenvalue weighted by Crippen LogP contribution is 2.37. The average Bonchev–Trinajstić information content (AvgIpc) is 3.25. The Morgan fingerprint density at radius 1 is 0.939 bits per heavy atom. The SMILES string of the molecule is COc1ccc(S(=O)(=O)N2N=C(c3cccc(NS(C)(=O)=O)c3)C[C@H]2c2ccccc2)cc1. The van der Waals surface area contributed by atoms with Crippen LogP contribution in [0.2, 0.25) is 0 Å². The molecule has 3 aromatic carbocycles. The Balaban J connectivity index is 1.76. The molecule has 4 rings (SSSR count). The van der Waals surface area contributed by atoms with Crippen LogP contribution in [0.4, 0.5) is 5.69 Å². The zero-order chi connectivity index (χ0) is 23.6. The molecule has 172 valence electrons. The van der Waals surface area contributed by atoms with Gasteiger partial charge in [-0.1, -0.05) is 42.5 Å². The number of hydrogen-bond acceptors (Lipinski definition) is 6. The number of ether oxygens (including phenoxy) is 1. The molecule has 0 unspecified atom stereocenters. The van der Waals surface area contributed by atoms with E-state index in [0.717, 1.165) is 16.2 Å². The Morgan fingerprint density at radius 3 is 2.27 bits per heavy atom. The van der Waals surface area contributed by atoms with Crippen molar-refractivity contribution in [1.82, 2.24) is 4.41 Å². The van der Waals surface area contributed by atoms with Gasteiger partial charge in [0.05, 0.1) is 30.0 Å². The molecule has 0 bridgehead atoms. The summed E-state index contributed by atoms with van der Waals surface area (Å²) < 4.78 is 59.0. The molecule has 0 radical (unpaired) electrons. The number of hydrazone groups is 1. The molecule has 33 heavy (non-hydrogen) atoms. The van der Waals surface area contributed by atoms with Gasteiger partial charge in [-0.2, -0.15) is 17.9 Å². The van der Waals surface area contributed by atoms with Gasteiger partial charge in [0.1, 0.15) is 5.75 Å². The maximum absolute atomic E-state index is 13.5. The number of rotatable bonds is 7. The van der Waals surface area contributed by atoms with Crippen molar-refractivity contribution in [3.05, 3.63) is 90.0 Å². The standard InChI is InChI=1S/C23H23N3O5S2/c1-31-20-11-13-21(14-12-20)33(29,30)26-23(17-7-4-3-5-8-17)16-22(24-26)18-9-6-10-19(15-18)25-32(2,27)28/h3-15,23,25H,16H2,1-2H3/t23-/m0/s1. The summed E-state index contributed by atoms with van der Waals surface area (Å²) in [4.78, 5) is 0.0988. The number of sulfonamides is 2. The van der Waals surface area contributed by atoms with E-state index in [1.807, 2.05) is 30.3 Å². The zero-order valence-corrected chi connectivity index (χ0v) is 19.7. The van der Waals surface area contributed by atoms with Crippen LogP contribution in [0.15, 0.2) is 88.9 Å². The molecule has 0 aliphatic carbocycles. The van der Waals surface area contributed by atoms with Crippen LogP contribution in [0, 0.1) is 0 Å². The van der Waals surface area contributed by atoms with Crippen LogP contribution in [-0.4, -0.2) is 40.3 Å². The molecule has 8 nitrogen and oxygen atoms in total. The Bertz CT molecular complexity index is 1390. The lowest BCUT2D eigenvalue weighted by Gasteiger charge is -2.23. The van der Waals surface area contributed by atoms with Crippen LogP contribution in [0.3, 0.4) is 0 Å². The molecule has 1 heterocycles. The van der Waals surface area contributed by atoms with Gasteiger partial charge in [0.15, 0.2) is 0 Å². The number of nitrogens with zero attached hydrogens (tertiary/aromatic N) is 2. The minimum atomic E-state index is -3.96. The maximum Gasteiger partial charge on any atom is 0.279 e. The van der Waals surface area contributed by atoms with E-state index in [4.69, 9.17) is 4.74 Å². The molecule has 0 amide bonds. The molecule has 0 aromatic heterocycles. The minimum absolute atomic E-state index is 0.0988. The number of anilines is 1. The quantitative estimate of drug-likeness (QED) is 0.550. The fourth-order valence-corrected chi connectivity index (χ4v) is 5.63. The van der Waals surface area contributed by atoms with E-state index >= 15 is 0 Å². The first-order valence-corrected chi connectivity index (χ1v) is 13.4. The summed E-state index contributed by atoms with van der Waals surface area (Å²) in [6.07, 6.45) is 1.41. The third-order valence-corrected chi connectivity index (χ3v) is 7.46. The molecular formula is C23H23N3O5S2. The van der Waals surface area contributed by atoms with Crippen molar-refractivity contribution < 1.29 is 21.6 Å². The Kier molecular flexibility index (Phi) is 6.13. The van der Waals surface area contributed by atoms with E-state index in [9.17, 15) is 16.8 Å². The molecule has 1 N–H and O–H groups in total. The molecule has 0 saturated carbocycles. The lowest BCUT2D eigenvalue weighted by atomic mass is 9.99.